The van der Waals surface area contributed by atoms with Crippen LogP contribution in [0.1, 0.15) is 51.7 Å². The third kappa shape index (κ3) is 9.24. The Morgan fingerprint density at radius 1 is 0.955 bits per heavy atom. The molecule has 0 unspecified atom stereocenters. The fraction of sp³-hybridized carbons (Fsp3) is 0.429. The second-order valence-electron chi connectivity index (χ2n) is 4.95. The second-order valence-corrected chi connectivity index (χ2v) is 10.4. The number of rotatable bonds is 4. The maximum Gasteiger partial charge on any atom is -0.0281 e. The smallest absolute Gasteiger partial charge is 0.0281 e. The molecule has 1 aromatic rings. The summed E-state index contributed by atoms with van der Waals surface area (Å²) in [6, 6.07) is 8.76. The normalized spacial score (nSPS) is 13.9. The molecule has 0 spiro atoms. The standard InChI is InChI=1S/C10H14.C9H13I.C2H6/c1-3-4-10-7-5-9(2)6-8-10;1-3-7-10-8-5-4-6-9(10)2;1-2/h5-8H,3-4H2,1-2H3;4-6,8H,2-3,7H2,1H3;1-2H3. The van der Waals surface area contributed by atoms with Crippen molar-refractivity contribution in [1.29, 1.82) is 0 Å². The average Bonchev–Trinajstić information content (AvgIpc) is 2.55. The van der Waals surface area contributed by atoms with E-state index in [2.05, 4.69) is 73.9 Å². The van der Waals surface area contributed by atoms with Gasteiger partial charge in [0.25, 0.3) is 0 Å². The Kier molecular flexibility index (Phi) is 13.3. The van der Waals surface area contributed by atoms with Crippen molar-refractivity contribution in [1.82, 2.24) is 0 Å². The van der Waals surface area contributed by atoms with Crippen molar-refractivity contribution in [3.8, 4) is 0 Å². The van der Waals surface area contributed by atoms with Gasteiger partial charge in [0.05, 0.1) is 0 Å². The van der Waals surface area contributed by atoms with Crippen LogP contribution >= 0.6 is 19.8 Å². The maximum absolute atomic E-state index is 4.05. The molecule has 0 aromatic heterocycles. The quantitative estimate of drug-likeness (QED) is 0.355. The zero-order chi connectivity index (χ0) is 16.8. The Hall–Kier alpha value is -0.830. The van der Waals surface area contributed by atoms with Gasteiger partial charge < -0.3 is 0 Å². The molecule has 1 aliphatic rings. The van der Waals surface area contributed by atoms with E-state index in [9.17, 15) is 0 Å². The van der Waals surface area contributed by atoms with Gasteiger partial charge in [0.15, 0.2) is 0 Å². The maximum atomic E-state index is 4.05. The van der Waals surface area contributed by atoms with Crippen LogP contribution in [0.3, 0.4) is 0 Å². The molecule has 0 bridgehead atoms. The van der Waals surface area contributed by atoms with Crippen LogP contribution < -0.4 is 0 Å². The number of halogens is 1. The van der Waals surface area contributed by atoms with Crippen LogP contribution in [0, 0.1) is 6.92 Å². The van der Waals surface area contributed by atoms with Gasteiger partial charge in [-0.15, -0.1) is 0 Å². The molecule has 0 aliphatic carbocycles. The van der Waals surface area contributed by atoms with Gasteiger partial charge in [-0.25, -0.2) is 0 Å². The topological polar surface area (TPSA) is 0 Å². The zero-order valence-corrected chi connectivity index (χ0v) is 17.2. The van der Waals surface area contributed by atoms with Gasteiger partial charge in [-0.1, -0.05) is 57.0 Å². The van der Waals surface area contributed by atoms with E-state index >= 15 is 0 Å². The van der Waals surface area contributed by atoms with E-state index in [1.807, 2.05) is 13.8 Å². The zero-order valence-electron chi connectivity index (χ0n) is 15.0. The van der Waals surface area contributed by atoms with Crippen molar-refractivity contribution in [2.75, 3.05) is 4.43 Å². The average molecular weight is 412 g/mol. The molecule has 0 amide bonds. The number of hydrogen-bond acceptors (Lipinski definition) is 0. The summed E-state index contributed by atoms with van der Waals surface area (Å²) in [6.07, 6.45) is 10.2. The second kappa shape index (κ2) is 13.8. The molecule has 1 aromatic carbocycles. The number of allylic oxidation sites excluding steroid dienone is 4. The van der Waals surface area contributed by atoms with Crippen molar-refractivity contribution in [2.24, 2.45) is 0 Å². The van der Waals surface area contributed by atoms with Gasteiger partial charge in [-0.3, -0.25) is 0 Å². The van der Waals surface area contributed by atoms with E-state index < -0.39 is 19.8 Å². The summed E-state index contributed by atoms with van der Waals surface area (Å²) in [5.41, 5.74) is 2.80. The summed E-state index contributed by atoms with van der Waals surface area (Å²) >= 11 is -0.847. The first kappa shape index (κ1) is 21.2. The molecule has 0 saturated heterocycles. The molecule has 1 heteroatoms. The summed E-state index contributed by atoms with van der Waals surface area (Å²) in [6.45, 7) is 14.6. The third-order valence-electron chi connectivity index (χ3n) is 2.98. The van der Waals surface area contributed by atoms with Gasteiger partial charge in [0, 0.05) is 0 Å². The van der Waals surface area contributed by atoms with E-state index in [1.165, 1.54) is 38.4 Å². The van der Waals surface area contributed by atoms with Crippen molar-refractivity contribution in [3.63, 3.8) is 0 Å². The Morgan fingerprint density at radius 2 is 1.59 bits per heavy atom. The minimum Gasteiger partial charge on any atom is -0.0683 e. The molecule has 0 nitrogen and oxygen atoms in total. The predicted octanol–water partition coefficient (Wildman–Crippen LogP) is 7.47. The van der Waals surface area contributed by atoms with E-state index in [0.29, 0.717) is 0 Å². The van der Waals surface area contributed by atoms with Crippen LogP contribution in [0.2, 0.25) is 0 Å². The summed E-state index contributed by atoms with van der Waals surface area (Å²) in [5.74, 6) is 0. The molecule has 0 fully saturated rings. The van der Waals surface area contributed by atoms with Crippen molar-refractivity contribution in [2.45, 2.75) is 53.9 Å². The Balaban J connectivity index is 0.000000360. The molecule has 0 atom stereocenters. The monoisotopic (exact) mass is 412 g/mol. The first-order valence-electron chi connectivity index (χ1n) is 8.41. The van der Waals surface area contributed by atoms with Crippen LogP contribution in [-0.4, -0.2) is 4.43 Å². The SMILES string of the molecule is C=C1C=CC=CI1CCC.CC.CCCc1ccc(C)cc1. The molecular formula is C21H33I. The molecule has 2 rings (SSSR count). The van der Waals surface area contributed by atoms with E-state index in [4.69, 9.17) is 0 Å². The largest absolute Gasteiger partial charge is 0.0683 e. The van der Waals surface area contributed by atoms with Crippen LogP contribution in [0.15, 0.2) is 56.7 Å². The summed E-state index contributed by atoms with van der Waals surface area (Å²) < 4.78 is 5.19. The summed E-state index contributed by atoms with van der Waals surface area (Å²) in [5, 5.41) is 0. The van der Waals surface area contributed by atoms with Gasteiger partial charge in [0.1, 0.15) is 0 Å². The van der Waals surface area contributed by atoms with Crippen LogP contribution in [0.25, 0.3) is 0 Å². The van der Waals surface area contributed by atoms with E-state index in [-0.39, 0.29) is 0 Å². The summed E-state index contributed by atoms with van der Waals surface area (Å²) in [7, 11) is 0. The molecule has 0 saturated carbocycles. The number of benzene rings is 1. The Bertz CT molecular complexity index is 451. The van der Waals surface area contributed by atoms with E-state index in [0.717, 1.165) is 0 Å². The fourth-order valence-electron chi connectivity index (χ4n) is 1.88. The minimum absolute atomic E-state index is 0.847. The molecule has 124 valence electrons. The molecule has 1 heterocycles. The van der Waals surface area contributed by atoms with Gasteiger partial charge in [-0.2, -0.15) is 0 Å². The molecule has 1 aliphatic heterocycles. The number of aryl methyl sites for hydroxylation is 2. The van der Waals surface area contributed by atoms with Crippen molar-refractivity contribution in [3.05, 3.63) is 67.9 Å². The molecule has 22 heavy (non-hydrogen) atoms. The van der Waals surface area contributed by atoms with Crippen LogP contribution in [0.4, 0.5) is 0 Å². The van der Waals surface area contributed by atoms with E-state index in [1.54, 1.807) is 0 Å². The minimum atomic E-state index is -0.847. The summed E-state index contributed by atoms with van der Waals surface area (Å²) in [4.78, 5) is 0. The van der Waals surface area contributed by atoms with Gasteiger partial charge in [-0.05, 0) is 18.9 Å². The fourth-order valence-corrected chi connectivity index (χ4v) is 5.97. The molecule has 0 radical (unpaired) electrons. The first-order valence-corrected chi connectivity index (χ1v) is 12.3. The first-order chi connectivity index (χ1) is 10.7. The van der Waals surface area contributed by atoms with Crippen LogP contribution in [-0.2, 0) is 6.42 Å². The van der Waals surface area contributed by atoms with Crippen molar-refractivity contribution < 1.29 is 0 Å². The van der Waals surface area contributed by atoms with Gasteiger partial charge in [0.2, 0.25) is 0 Å². The number of hydrogen-bond donors (Lipinski definition) is 0. The third-order valence-corrected chi connectivity index (χ3v) is 8.64. The van der Waals surface area contributed by atoms with Crippen molar-refractivity contribution >= 4 is 19.8 Å². The predicted molar refractivity (Wildman–Crippen MR) is 113 cm³/mol. The molecule has 0 N–H and O–H groups in total. The van der Waals surface area contributed by atoms with Gasteiger partial charge >= 0.3 is 70.1 Å². The Morgan fingerprint density at radius 3 is 2.09 bits per heavy atom. The van der Waals surface area contributed by atoms with Crippen LogP contribution in [0.5, 0.6) is 0 Å². The Labute approximate surface area is 145 Å². The molecular weight excluding hydrogens is 379 g/mol. The number of alkyl halides is 1.